The molecule has 2 rings (SSSR count). The summed E-state index contributed by atoms with van der Waals surface area (Å²) in [7, 11) is 0. The van der Waals surface area contributed by atoms with Crippen LogP contribution in [0.4, 0.5) is 11.4 Å². The third-order valence-electron chi connectivity index (χ3n) is 2.97. The molecule has 0 saturated carbocycles. The molecule has 0 spiro atoms. The highest BCUT2D eigenvalue weighted by Crippen LogP contribution is 2.15. The first kappa shape index (κ1) is 13.8. The Morgan fingerprint density at radius 3 is 2.53 bits per heavy atom. The highest BCUT2D eigenvalue weighted by atomic mass is 35.5. The number of nitrogens with one attached hydrogen (secondary N) is 2. The zero-order valence-corrected chi connectivity index (χ0v) is 11.9. The summed E-state index contributed by atoms with van der Waals surface area (Å²) in [5.41, 5.74) is 3.57. The van der Waals surface area contributed by atoms with Gasteiger partial charge in [-0.15, -0.1) is 0 Å². The highest BCUT2D eigenvalue weighted by molar-refractivity contribution is 6.30. The number of aryl methyl sites for hydroxylation is 1. The minimum Gasteiger partial charge on any atom is -0.385 e. The molecule has 2 nitrogen and oxygen atoms in total. The molecule has 2 aromatic carbocycles. The zero-order chi connectivity index (χ0) is 13.5. The standard InChI is InChI=1S/C16H19ClN2/c1-13-6-2-3-9-16(13)19-11-5-10-18-15-8-4-7-14(17)12-15/h2-4,6-9,12,18-19H,5,10-11H2,1H3. The summed E-state index contributed by atoms with van der Waals surface area (Å²) in [6.07, 6.45) is 1.06. The molecule has 0 radical (unpaired) electrons. The SMILES string of the molecule is Cc1ccccc1NCCCNc1cccc(Cl)c1. The maximum absolute atomic E-state index is 5.93. The van der Waals surface area contributed by atoms with Crippen LogP contribution in [0.1, 0.15) is 12.0 Å². The summed E-state index contributed by atoms with van der Waals surface area (Å²) < 4.78 is 0. The minimum absolute atomic E-state index is 0.767. The Balaban J connectivity index is 1.69. The fourth-order valence-electron chi connectivity index (χ4n) is 1.91. The average Bonchev–Trinajstić information content (AvgIpc) is 2.40. The summed E-state index contributed by atoms with van der Waals surface area (Å²) in [4.78, 5) is 0. The van der Waals surface area contributed by atoms with E-state index in [0.717, 1.165) is 30.2 Å². The fourth-order valence-corrected chi connectivity index (χ4v) is 2.10. The maximum atomic E-state index is 5.93. The van der Waals surface area contributed by atoms with E-state index < -0.39 is 0 Å². The van der Waals surface area contributed by atoms with Gasteiger partial charge in [-0.25, -0.2) is 0 Å². The Bertz CT molecular complexity index is 526. The Kier molecular flexibility index (Phi) is 5.10. The third kappa shape index (κ3) is 4.49. The number of rotatable bonds is 6. The van der Waals surface area contributed by atoms with Crippen molar-refractivity contribution in [3.05, 3.63) is 59.1 Å². The number of hydrogen-bond acceptors (Lipinski definition) is 2. The molecule has 0 aliphatic heterocycles. The lowest BCUT2D eigenvalue weighted by atomic mass is 10.2. The first-order valence-electron chi connectivity index (χ1n) is 6.54. The Morgan fingerprint density at radius 2 is 1.74 bits per heavy atom. The van der Waals surface area contributed by atoms with E-state index in [-0.39, 0.29) is 0 Å². The van der Waals surface area contributed by atoms with E-state index in [4.69, 9.17) is 11.6 Å². The van der Waals surface area contributed by atoms with Gasteiger partial charge in [0, 0.05) is 29.5 Å². The normalized spacial score (nSPS) is 10.2. The predicted molar refractivity (Wildman–Crippen MR) is 84.2 cm³/mol. The van der Waals surface area contributed by atoms with Crippen LogP contribution in [0.15, 0.2) is 48.5 Å². The van der Waals surface area contributed by atoms with Crippen LogP contribution in [0.3, 0.4) is 0 Å². The maximum Gasteiger partial charge on any atom is 0.0426 e. The summed E-state index contributed by atoms with van der Waals surface area (Å²) in [5.74, 6) is 0. The molecule has 0 atom stereocenters. The average molecular weight is 275 g/mol. The number of halogens is 1. The van der Waals surface area contributed by atoms with Crippen molar-refractivity contribution in [3.63, 3.8) is 0 Å². The van der Waals surface area contributed by atoms with Gasteiger partial charge in [0.25, 0.3) is 0 Å². The second-order valence-corrected chi connectivity index (χ2v) is 4.97. The lowest BCUT2D eigenvalue weighted by molar-refractivity contribution is 0.908. The van der Waals surface area contributed by atoms with Gasteiger partial charge in [-0.05, 0) is 43.2 Å². The topological polar surface area (TPSA) is 24.1 Å². The van der Waals surface area contributed by atoms with Crippen LogP contribution >= 0.6 is 11.6 Å². The van der Waals surface area contributed by atoms with Crippen molar-refractivity contribution < 1.29 is 0 Å². The molecule has 0 aliphatic rings. The molecule has 0 amide bonds. The van der Waals surface area contributed by atoms with Crippen LogP contribution in [-0.2, 0) is 0 Å². The van der Waals surface area contributed by atoms with Crippen molar-refractivity contribution in [2.45, 2.75) is 13.3 Å². The minimum atomic E-state index is 0.767. The van der Waals surface area contributed by atoms with Gasteiger partial charge in [0.15, 0.2) is 0 Å². The van der Waals surface area contributed by atoms with Crippen LogP contribution in [0.25, 0.3) is 0 Å². The third-order valence-corrected chi connectivity index (χ3v) is 3.20. The molecule has 0 heterocycles. The van der Waals surface area contributed by atoms with Crippen LogP contribution in [-0.4, -0.2) is 13.1 Å². The molecule has 19 heavy (non-hydrogen) atoms. The van der Waals surface area contributed by atoms with Crippen LogP contribution < -0.4 is 10.6 Å². The Morgan fingerprint density at radius 1 is 0.947 bits per heavy atom. The highest BCUT2D eigenvalue weighted by Gasteiger charge is 1.96. The molecule has 0 fully saturated rings. The quantitative estimate of drug-likeness (QED) is 0.755. The predicted octanol–water partition coefficient (Wildman–Crippen LogP) is 4.56. The van der Waals surface area contributed by atoms with E-state index in [1.165, 1.54) is 11.3 Å². The summed E-state index contributed by atoms with van der Waals surface area (Å²) >= 11 is 5.93. The van der Waals surface area contributed by atoms with E-state index in [9.17, 15) is 0 Å². The number of anilines is 2. The smallest absolute Gasteiger partial charge is 0.0426 e. The van der Waals surface area contributed by atoms with Crippen LogP contribution in [0, 0.1) is 6.92 Å². The van der Waals surface area contributed by atoms with Gasteiger partial charge >= 0.3 is 0 Å². The van der Waals surface area contributed by atoms with E-state index in [1.54, 1.807) is 0 Å². The van der Waals surface area contributed by atoms with Gasteiger partial charge < -0.3 is 10.6 Å². The molecule has 100 valence electrons. The second-order valence-electron chi connectivity index (χ2n) is 4.53. The number of benzene rings is 2. The van der Waals surface area contributed by atoms with Crippen LogP contribution in [0.2, 0.25) is 5.02 Å². The molecule has 0 bridgehead atoms. The van der Waals surface area contributed by atoms with Gasteiger partial charge in [-0.1, -0.05) is 35.9 Å². The van der Waals surface area contributed by atoms with Gasteiger partial charge in [-0.2, -0.15) is 0 Å². The van der Waals surface area contributed by atoms with E-state index in [0.29, 0.717) is 0 Å². The fraction of sp³-hybridized carbons (Fsp3) is 0.250. The number of para-hydroxylation sites is 1. The first-order chi connectivity index (χ1) is 9.25. The molecule has 0 aromatic heterocycles. The van der Waals surface area contributed by atoms with E-state index in [1.807, 2.05) is 24.3 Å². The molecule has 0 saturated heterocycles. The number of hydrogen-bond donors (Lipinski definition) is 2. The Hall–Kier alpha value is -1.67. The largest absolute Gasteiger partial charge is 0.385 e. The monoisotopic (exact) mass is 274 g/mol. The Labute approximate surface area is 119 Å². The van der Waals surface area contributed by atoms with Crippen LogP contribution in [0.5, 0.6) is 0 Å². The summed E-state index contributed by atoms with van der Waals surface area (Å²) in [6.45, 7) is 4.00. The van der Waals surface area contributed by atoms with Crippen molar-refractivity contribution in [3.8, 4) is 0 Å². The molecule has 0 unspecified atom stereocenters. The van der Waals surface area contributed by atoms with Crippen molar-refractivity contribution in [2.75, 3.05) is 23.7 Å². The van der Waals surface area contributed by atoms with Gasteiger partial charge in [0.05, 0.1) is 0 Å². The molecule has 2 N–H and O–H groups in total. The van der Waals surface area contributed by atoms with Crippen molar-refractivity contribution >= 4 is 23.0 Å². The lowest BCUT2D eigenvalue weighted by Gasteiger charge is -2.10. The van der Waals surface area contributed by atoms with E-state index in [2.05, 4.69) is 41.8 Å². The summed E-state index contributed by atoms with van der Waals surface area (Å²) in [5, 5.41) is 7.57. The molecule has 2 aromatic rings. The zero-order valence-electron chi connectivity index (χ0n) is 11.1. The van der Waals surface area contributed by atoms with Crippen molar-refractivity contribution in [1.29, 1.82) is 0 Å². The van der Waals surface area contributed by atoms with Crippen molar-refractivity contribution in [1.82, 2.24) is 0 Å². The van der Waals surface area contributed by atoms with E-state index >= 15 is 0 Å². The first-order valence-corrected chi connectivity index (χ1v) is 6.92. The molecule has 0 aliphatic carbocycles. The lowest BCUT2D eigenvalue weighted by Crippen LogP contribution is -2.09. The second kappa shape index (κ2) is 7.05. The van der Waals surface area contributed by atoms with Gasteiger partial charge in [-0.3, -0.25) is 0 Å². The molecular formula is C16H19ClN2. The molecule has 3 heteroatoms. The molecular weight excluding hydrogens is 256 g/mol. The summed E-state index contributed by atoms with van der Waals surface area (Å²) in [6, 6.07) is 16.1. The van der Waals surface area contributed by atoms with Gasteiger partial charge in [0.1, 0.15) is 0 Å². The van der Waals surface area contributed by atoms with Crippen molar-refractivity contribution in [2.24, 2.45) is 0 Å². The van der Waals surface area contributed by atoms with Gasteiger partial charge in [0.2, 0.25) is 0 Å².